The Morgan fingerprint density at radius 2 is 1.11 bits per heavy atom. The van der Waals surface area contributed by atoms with E-state index in [2.05, 4.69) is 92.7 Å². The highest BCUT2D eigenvalue weighted by Crippen LogP contribution is 2.37. The van der Waals surface area contributed by atoms with Crippen molar-refractivity contribution in [3.8, 4) is 45.5 Å². The van der Waals surface area contributed by atoms with E-state index >= 15 is 0 Å². The molecule has 0 aliphatic rings. The van der Waals surface area contributed by atoms with E-state index in [1.54, 1.807) is 6.07 Å². The van der Waals surface area contributed by atoms with E-state index in [1.807, 2.05) is 30.3 Å². The molecule has 0 N–H and O–H groups in total. The van der Waals surface area contributed by atoms with Gasteiger partial charge in [0.25, 0.3) is 0 Å². The lowest BCUT2D eigenvalue weighted by atomic mass is 9.89. The average molecular weight is 449 g/mol. The van der Waals surface area contributed by atoms with Gasteiger partial charge in [-0.3, -0.25) is 0 Å². The molecule has 0 spiro atoms. The smallest absolute Gasteiger partial charge is 0.0992 e. The van der Waals surface area contributed by atoms with E-state index in [0.717, 1.165) is 27.6 Å². The molecular formula is C33H24N2. The fourth-order valence-electron chi connectivity index (χ4n) is 4.63. The van der Waals surface area contributed by atoms with Gasteiger partial charge in [0, 0.05) is 0 Å². The van der Waals surface area contributed by atoms with Crippen LogP contribution in [0, 0.1) is 22.7 Å². The molecule has 0 radical (unpaired) electrons. The van der Waals surface area contributed by atoms with Crippen LogP contribution in [-0.4, -0.2) is 0 Å². The minimum absolute atomic E-state index is 0.499. The number of nitriles is 2. The van der Waals surface area contributed by atoms with Crippen LogP contribution in [0.25, 0.3) is 44.2 Å². The summed E-state index contributed by atoms with van der Waals surface area (Å²) in [6.45, 7) is 4.42. The summed E-state index contributed by atoms with van der Waals surface area (Å²) in [6.07, 6.45) is 0. The molecule has 35 heavy (non-hydrogen) atoms. The van der Waals surface area contributed by atoms with Crippen molar-refractivity contribution in [1.82, 2.24) is 0 Å². The van der Waals surface area contributed by atoms with Gasteiger partial charge in [0.15, 0.2) is 0 Å². The van der Waals surface area contributed by atoms with Crippen LogP contribution in [0.2, 0.25) is 0 Å². The second kappa shape index (κ2) is 9.30. The van der Waals surface area contributed by atoms with Crippen LogP contribution in [0.1, 0.15) is 36.5 Å². The lowest BCUT2D eigenvalue weighted by molar-refractivity contribution is 0.867. The van der Waals surface area contributed by atoms with E-state index < -0.39 is 0 Å². The van der Waals surface area contributed by atoms with Crippen molar-refractivity contribution in [2.75, 3.05) is 0 Å². The van der Waals surface area contributed by atoms with Crippen LogP contribution < -0.4 is 0 Å². The maximum atomic E-state index is 9.75. The molecule has 0 fully saturated rings. The predicted molar refractivity (Wildman–Crippen MR) is 144 cm³/mol. The third kappa shape index (κ3) is 4.31. The number of benzene rings is 5. The highest BCUT2D eigenvalue weighted by atomic mass is 14.2. The summed E-state index contributed by atoms with van der Waals surface area (Å²) in [5.41, 5.74) is 8.83. The fourth-order valence-corrected chi connectivity index (χ4v) is 4.63. The quantitative estimate of drug-likeness (QED) is 0.276. The molecule has 0 saturated heterocycles. The summed E-state index contributed by atoms with van der Waals surface area (Å²) in [5.74, 6) is 0.499. The first-order chi connectivity index (χ1) is 17.1. The monoisotopic (exact) mass is 448 g/mol. The second-order valence-corrected chi connectivity index (χ2v) is 9.09. The first-order valence-electron chi connectivity index (χ1n) is 11.8. The van der Waals surface area contributed by atoms with Gasteiger partial charge in [-0.25, -0.2) is 0 Å². The summed E-state index contributed by atoms with van der Waals surface area (Å²) in [4.78, 5) is 0. The number of hydrogen-bond donors (Lipinski definition) is 0. The zero-order valence-corrected chi connectivity index (χ0v) is 19.8. The molecule has 0 aliphatic carbocycles. The molecule has 0 unspecified atom stereocenters. The van der Waals surface area contributed by atoms with Crippen molar-refractivity contribution in [1.29, 1.82) is 10.5 Å². The van der Waals surface area contributed by atoms with Crippen LogP contribution in [0.5, 0.6) is 0 Å². The van der Waals surface area contributed by atoms with E-state index in [-0.39, 0.29) is 0 Å². The van der Waals surface area contributed by atoms with Gasteiger partial charge in [-0.2, -0.15) is 10.5 Å². The topological polar surface area (TPSA) is 47.6 Å². The van der Waals surface area contributed by atoms with E-state index in [1.165, 1.54) is 22.1 Å². The molecule has 0 aromatic heterocycles. The molecule has 5 aromatic carbocycles. The third-order valence-corrected chi connectivity index (χ3v) is 6.51. The minimum atomic E-state index is 0.499. The molecule has 2 heteroatoms. The molecular weight excluding hydrogens is 424 g/mol. The lowest BCUT2D eigenvalue weighted by Gasteiger charge is -2.14. The van der Waals surface area contributed by atoms with Gasteiger partial charge in [-0.15, -0.1) is 0 Å². The molecule has 0 atom stereocenters. The molecule has 0 bridgehead atoms. The highest BCUT2D eigenvalue weighted by molar-refractivity contribution is 6.05. The van der Waals surface area contributed by atoms with Gasteiger partial charge < -0.3 is 0 Å². The standard InChI is InChI=1S/C33H24N2/c1-22(2)25-10-12-26(13-11-25)30-14-15-31(33-9-4-3-8-32(30)33)29-18-24(21-35)17-28(19-29)27-7-5-6-23(16-27)20-34/h3-19,22H,1-2H3. The molecule has 2 nitrogen and oxygen atoms in total. The first kappa shape index (κ1) is 22.1. The first-order valence-corrected chi connectivity index (χ1v) is 11.8. The van der Waals surface area contributed by atoms with Crippen LogP contribution in [0.15, 0.2) is 103 Å². The number of fused-ring (bicyclic) bond motifs is 1. The zero-order valence-electron chi connectivity index (χ0n) is 19.8. The van der Waals surface area contributed by atoms with Crippen molar-refractivity contribution >= 4 is 10.8 Å². The second-order valence-electron chi connectivity index (χ2n) is 9.09. The van der Waals surface area contributed by atoms with Gasteiger partial charge in [0.05, 0.1) is 23.3 Å². The van der Waals surface area contributed by atoms with Crippen molar-refractivity contribution in [2.24, 2.45) is 0 Å². The number of hydrogen-bond acceptors (Lipinski definition) is 2. The van der Waals surface area contributed by atoms with Gasteiger partial charge in [-0.1, -0.05) is 86.6 Å². The van der Waals surface area contributed by atoms with Crippen LogP contribution in [0.4, 0.5) is 0 Å². The van der Waals surface area contributed by atoms with Gasteiger partial charge in [0.1, 0.15) is 0 Å². The Bertz CT molecular complexity index is 1630. The maximum absolute atomic E-state index is 9.75. The number of nitrogens with zero attached hydrogens (tertiary/aromatic N) is 2. The highest BCUT2D eigenvalue weighted by Gasteiger charge is 2.12. The molecule has 5 aromatic rings. The largest absolute Gasteiger partial charge is 0.192 e. The minimum Gasteiger partial charge on any atom is -0.192 e. The Hall–Kier alpha value is -4.66. The van der Waals surface area contributed by atoms with Gasteiger partial charge >= 0.3 is 0 Å². The van der Waals surface area contributed by atoms with Gasteiger partial charge in [0.2, 0.25) is 0 Å². The van der Waals surface area contributed by atoms with Crippen LogP contribution >= 0.6 is 0 Å². The summed E-state index contributed by atoms with van der Waals surface area (Å²) < 4.78 is 0. The summed E-state index contributed by atoms with van der Waals surface area (Å²) in [6, 6.07) is 39.5. The number of rotatable bonds is 4. The molecule has 0 heterocycles. The Labute approximate surface area is 206 Å². The van der Waals surface area contributed by atoms with Crippen molar-refractivity contribution in [3.63, 3.8) is 0 Å². The summed E-state index contributed by atoms with van der Waals surface area (Å²) >= 11 is 0. The fraction of sp³-hybridized carbons (Fsp3) is 0.0909. The Balaban J connectivity index is 1.68. The molecule has 0 saturated carbocycles. The SMILES string of the molecule is CC(C)c1ccc(-c2ccc(-c3cc(C#N)cc(-c4cccc(C#N)c4)c3)c3ccccc23)cc1. The summed E-state index contributed by atoms with van der Waals surface area (Å²) in [7, 11) is 0. The normalized spacial score (nSPS) is 10.8. The average Bonchev–Trinajstić information content (AvgIpc) is 2.92. The van der Waals surface area contributed by atoms with Crippen LogP contribution in [0.3, 0.4) is 0 Å². The lowest BCUT2D eigenvalue weighted by Crippen LogP contribution is -1.90. The Morgan fingerprint density at radius 3 is 1.74 bits per heavy atom. The Morgan fingerprint density at radius 1 is 0.514 bits per heavy atom. The van der Waals surface area contributed by atoms with E-state index in [0.29, 0.717) is 17.0 Å². The van der Waals surface area contributed by atoms with Crippen molar-refractivity contribution < 1.29 is 0 Å². The van der Waals surface area contributed by atoms with E-state index in [4.69, 9.17) is 0 Å². The van der Waals surface area contributed by atoms with Crippen LogP contribution in [-0.2, 0) is 0 Å². The molecule has 0 amide bonds. The Kier molecular flexibility index (Phi) is 5.88. The summed E-state index contributed by atoms with van der Waals surface area (Å²) in [5, 5.41) is 21.4. The van der Waals surface area contributed by atoms with E-state index in [9.17, 15) is 10.5 Å². The molecule has 5 rings (SSSR count). The van der Waals surface area contributed by atoms with Crippen molar-refractivity contribution in [2.45, 2.75) is 19.8 Å². The third-order valence-electron chi connectivity index (χ3n) is 6.51. The van der Waals surface area contributed by atoms with Gasteiger partial charge in [-0.05, 0) is 86.0 Å². The molecule has 0 aliphatic heterocycles. The molecule has 166 valence electrons. The maximum Gasteiger partial charge on any atom is 0.0992 e. The zero-order chi connectivity index (χ0) is 24.4. The predicted octanol–water partition coefficient (Wildman–Crippen LogP) is 8.71. The van der Waals surface area contributed by atoms with Crippen molar-refractivity contribution in [3.05, 3.63) is 120 Å².